The van der Waals surface area contributed by atoms with E-state index in [0.29, 0.717) is 20.1 Å². The fourth-order valence-corrected chi connectivity index (χ4v) is 3.40. The Labute approximate surface area is 156 Å². The molecule has 122 valence electrons. The highest BCUT2D eigenvalue weighted by atomic mass is 35.5. The zero-order valence-corrected chi connectivity index (χ0v) is 15.4. The Morgan fingerprint density at radius 2 is 1.09 bits per heavy atom. The van der Waals surface area contributed by atoms with E-state index in [1.54, 1.807) is 0 Å². The van der Waals surface area contributed by atoms with Crippen LogP contribution in [0.1, 0.15) is 11.1 Å². The van der Waals surface area contributed by atoms with Gasteiger partial charge in [-0.25, -0.2) is 0 Å². The van der Waals surface area contributed by atoms with Crippen LogP contribution in [0.4, 0.5) is 0 Å². The van der Waals surface area contributed by atoms with E-state index in [0.717, 1.165) is 32.8 Å². The Bertz CT molecular complexity index is 645. The maximum Gasteiger partial charge on any atom is 0.0595 e. The molecule has 2 aromatic carbocycles. The van der Waals surface area contributed by atoms with Crippen LogP contribution in [0, 0.1) is 0 Å². The molecule has 3 rings (SSSR count). The molecule has 0 unspecified atom stereocenters. The zero-order chi connectivity index (χ0) is 16.4. The van der Waals surface area contributed by atoms with Crippen molar-refractivity contribution in [2.45, 2.75) is 13.1 Å². The summed E-state index contributed by atoms with van der Waals surface area (Å²) < 4.78 is 0. The molecule has 0 aromatic heterocycles. The normalized spacial score (nSPS) is 16.2. The lowest BCUT2D eigenvalue weighted by Gasteiger charge is -2.18. The first-order valence-electron chi connectivity index (χ1n) is 7.34. The van der Waals surface area contributed by atoms with Crippen LogP contribution in [0.5, 0.6) is 0 Å². The van der Waals surface area contributed by atoms with Gasteiger partial charge in [0.05, 0.1) is 26.8 Å². The van der Waals surface area contributed by atoms with Gasteiger partial charge in [0.1, 0.15) is 0 Å². The molecule has 23 heavy (non-hydrogen) atoms. The average molecular weight is 390 g/mol. The third kappa shape index (κ3) is 4.54. The SMILES string of the molecule is Clc1ccc(CN2CCN(Cc3ccc(Cl)c(Cl)c3)C2)cc1Cl. The smallest absolute Gasteiger partial charge is 0.0595 e. The molecule has 0 N–H and O–H groups in total. The second-order valence-electron chi connectivity index (χ2n) is 5.74. The number of benzene rings is 2. The maximum absolute atomic E-state index is 6.08. The third-order valence-corrected chi connectivity index (χ3v) is 5.39. The van der Waals surface area contributed by atoms with Crippen LogP contribution in [0.3, 0.4) is 0 Å². The van der Waals surface area contributed by atoms with Crippen molar-refractivity contribution < 1.29 is 0 Å². The Balaban J connectivity index is 1.57. The van der Waals surface area contributed by atoms with Crippen LogP contribution in [-0.2, 0) is 13.1 Å². The molecule has 2 nitrogen and oxygen atoms in total. The van der Waals surface area contributed by atoms with Crippen LogP contribution in [0.2, 0.25) is 20.1 Å². The molecule has 1 heterocycles. The van der Waals surface area contributed by atoms with Gasteiger partial charge in [-0.3, -0.25) is 9.80 Å². The summed E-state index contributed by atoms with van der Waals surface area (Å²) in [5, 5.41) is 2.41. The first-order valence-corrected chi connectivity index (χ1v) is 8.85. The summed E-state index contributed by atoms with van der Waals surface area (Å²) in [6, 6.07) is 11.6. The number of nitrogens with zero attached hydrogens (tertiary/aromatic N) is 2. The average Bonchev–Trinajstić information content (AvgIpc) is 2.94. The van der Waals surface area contributed by atoms with Gasteiger partial charge < -0.3 is 0 Å². The van der Waals surface area contributed by atoms with Crippen LogP contribution in [0.15, 0.2) is 36.4 Å². The van der Waals surface area contributed by atoms with Crippen molar-refractivity contribution in [2.24, 2.45) is 0 Å². The minimum absolute atomic E-state index is 0.595. The van der Waals surface area contributed by atoms with Gasteiger partial charge >= 0.3 is 0 Å². The van der Waals surface area contributed by atoms with Gasteiger partial charge in [0.15, 0.2) is 0 Å². The van der Waals surface area contributed by atoms with Crippen molar-refractivity contribution >= 4 is 46.4 Å². The third-order valence-electron chi connectivity index (χ3n) is 3.91. The van der Waals surface area contributed by atoms with Crippen molar-refractivity contribution in [3.63, 3.8) is 0 Å². The Kier molecular flexibility index (Phi) is 5.74. The topological polar surface area (TPSA) is 6.48 Å². The molecule has 1 fully saturated rings. The maximum atomic E-state index is 6.08. The molecule has 0 spiro atoms. The Morgan fingerprint density at radius 3 is 1.48 bits per heavy atom. The number of halogens is 4. The van der Waals surface area contributed by atoms with Crippen LogP contribution in [-0.4, -0.2) is 29.6 Å². The fourth-order valence-electron chi connectivity index (χ4n) is 2.76. The number of hydrogen-bond donors (Lipinski definition) is 0. The molecular formula is C17H16Cl4N2. The molecule has 0 aliphatic carbocycles. The van der Waals surface area contributed by atoms with Crippen LogP contribution < -0.4 is 0 Å². The number of hydrogen-bond acceptors (Lipinski definition) is 2. The van der Waals surface area contributed by atoms with Gasteiger partial charge in [0, 0.05) is 26.2 Å². The molecule has 6 heteroatoms. The van der Waals surface area contributed by atoms with E-state index in [1.165, 1.54) is 11.1 Å². The van der Waals surface area contributed by atoms with E-state index < -0.39 is 0 Å². The number of rotatable bonds is 4. The van der Waals surface area contributed by atoms with E-state index in [9.17, 15) is 0 Å². The van der Waals surface area contributed by atoms with Crippen molar-refractivity contribution in [1.82, 2.24) is 9.80 Å². The van der Waals surface area contributed by atoms with E-state index in [2.05, 4.69) is 9.80 Å². The molecule has 0 bridgehead atoms. The van der Waals surface area contributed by atoms with Crippen molar-refractivity contribution in [2.75, 3.05) is 19.8 Å². The summed E-state index contributed by atoms with van der Waals surface area (Å²) in [6.07, 6.45) is 0. The predicted molar refractivity (Wildman–Crippen MR) is 98.6 cm³/mol. The van der Waals surface area contributed by atoms with E-state index in [1.807, 2.05) is 36.4 Å². The van der Waals surface area contributed by atoms with Gasteiger partial charge in [-0.2, -0.15) is 0 Å². The second-order valence-corrected chi connectivity index (χ2v) is 7.37. The minimum Gasteiger partial charge on any atom is -0.285 e. The van der Waals surface area contributed by atoms with Gasteiger partial charge in [-0.15, -0.1) is 0 Å². The van der Waals surface area contributed by atoms with E-state index in [-0.39, 0.29) is 0 Å². The largest absolute Gasteiger partial charge is 0.285 e. The standard InChI is InChI=1S/C17H16Cl4N2/c18-14-3-1-12(7-16(14)20)9-22-5-6-23(11-22)10-13-2-4-15(19)17(21)8-13/h1-4,7-8H,5-6,9-11H2. The monoisotopic (exact) mass is 388 g/mol. The Hall–Kier alpha value is -0.480. The van der Waals surface area contributed by atoms with Gasteiger partial charge in [-0.05, 0) is 35.4 Å². The van der Waals surface area contributed by atoms with Gasteiger partial charge in [0.2, 0.25) is 0 Å². The summed E-state index contributed by atoms with van der Waals surface area (Å²) in [5.74, 6) is 0. The predicted octanol–water partition coefficient (Wildman–Crippen LogP) is 5.58. The zero-order valence-electron chi connectivity index (χ0n) is 12.4. The van der Waals surface area contributed by atoms with E-state index in [4.69, 9.17) is 46.4 Å². The quantitative estimate of drug-likeness (QED) is 0.673. The summed E-state index contributed by atoms with van der Waals surface area (Å²) in [7, 11) is 0. The van der Waals surface area contributed by atoms with Crippen molar-refractivity contribution in [3.8, 4) is 0 Å². The van der Waals surface area contributed by atoms with Crippen LogP contribution >= 0.6 is 46.4 Å². The molecular weight excluding hydrogens is 374 g/mol. The highest BCUT2D eigenvalue weighted by Crippen LogP contribution is 2.25. The Morgan fingerprint density at radius 1 is 0.652 bits per heavy atom. The summed E-state index contributed by atoms with van der Waals surface area (Å²) in [4.78, 5) is 4.77. The van der Waals surface area contributed by atoms with Gasteiger partial charge in [-0.1, -0.05) is 58.5 Å². The van der Waals surface area contributed by atoms with Crippen LogP contribution in [0.25, 0.3) is 0 Å². The molecule has 2 aromatic rings. The lowest BCUT2D eigenvalue weighted by Crippen LogP contribution is -2.25. The lowest BCUT2D eigenvalue weighted by atomic mass is 10.2. The molecule has 1 aliphatic rings. The van der Waals surface area contributed by atoms with Crippen molar-refractivity contribution in [3.05, 3.63) is 67.6 Å². The molecule has 0 saturated carbocycles. The lowest BCUT2D eigenvalue weighted by molar-refractivity contribution is 0.235. The molecule has 0 amide bonds. The summed E-state index contributed by atoms with van der Waals surface area (Å²) >= 11 is 24.1. The molecule has 0 radical (unpaired) electrons. The molecule has 0 atom stereocenters. The first-order chi connectivity index (χ1) is 11.0. The van der Waals surface area contributed by atoms with E-state index >= 15 is 0 Å². The summed E-state index contributed by atoms with van der Waals surface area (Å²) in [5.41, 5.74) is 2.35. The highest BCUT2D eigenvalue weighted by molar-refractivity contribution is 6.42. The summed E-state index contributed by atoms with van der Waals surface area (Å²) in [6.45, 7) is 4.72. The van der Waals surface area contributed by atoms with Crippen molar-refractivity contribution in [1.29, 1.82) is 0 Å². The second kappa shape index (κ2) is 7.60. The molecule has 1 saturated heterocycles. The highest BCUT2D eigenvalue weighted by Gasteiger charge is 2.20. The first kappa shape index (κ1) is 17.3. The molecule has 1 aliphatic heterocycles. The minimum atomic E-state index is 0.595. The van der Waals surface area contributed by atoms with Gasteiger partial charge in [0.25, 0.3) is 0 Å². The fraction of sp³-hybridized carbons (Fsp3) is 0.294.